The molecule has 100 valence electrons. The molecule has 0 radical (unpaired) electrons. The highest BCUT2D eigenvalue weighted by Crippen LogP contribution is 2.27. The van der Waals surface area contributed by atoms with Gasteiger partial charge in [-0.1, -0.05) is 17.7 Å². The van der Waals surface area contributed by atoms with E-state index in [0.717, 1.165) is 16.7 Å². The van der Waals surface area contributed by atoms with Crippen molar-refractivity contribution in [2.24, 2.45) is 5.84 Å². The van der Waals surface area contributed by atoms with Crippen molar-refractivity contribution in [3.05, 3.63) is 40.3 Å². The van der Waals surface area contributed by atoms with Crippen LogP contribution in [-0.4, -0.2) is 9.97 Å². The molecule has 0 saturated carbocycles. The van der Waals surface area contributed by atoms with Crippen LogP contribution < -0.4 is 11.3 Å². The van der Waals surface area contributed by atoms with E-state index in [2.05, 4.69) is 27.5 Å². The highest BCUT2D eigenvalue weighted by Gasteiger charge is 2.15. The zero-order valence-electron chi connectivity index (χ0n) is 11.5. The van der Waals surface area contributed by atoms with Gasteiger partial charge in [-0.15, -0.1) is 0 Å². The summed E-state index contributed by atoms with van der Waals surface area (Å²) < 4.78 is 13.7. The molecular formula is C14H17FN4. The normalized spacial score (nSPS) is 10.6. The molecule has 0 aliphatic carbocycles. The lowest BCUT2D eigenvalue weighted by Gasteiger charge is -2.12. The van der Waals surface area contributed by atoms with E-state index in [0.29, 0.717) is 5.82 Å². The van der Waals surface area contributed by atoms with Gasteiger partial charge in [0.2, 0.25) is 0 Å². The first-order chi connectivity index (χ1) is 8.93. The Bertz CT molecular complexity index is 615. The summed E-state index contributed by atoms with van der Waals surface area (Å²) >= 11 is 0. The SMILES string of the molecule is Cc1cc(C)c(-c2nc(C)c(F)c(NN)n2)c(C)c1. The van der Waals surface area contributed by atoms with Crippen molar-refractivity contribution in [2.45, 2.75) is 27.7 Å². The van der Waals surface area contributed by atoms with Crippen LogP contribution in [-0.2, 0) is 0 Å². The van der Waals surface area contributed by atoms with Crippen LogP contribution >= 0.6 is 0 Å². The number of rotatable bonds is 2. The third-order valence-corrected chi connectivity index (χ3v) is 3.05. The van der Waals surface area contributed by atoms with Crippen LogP contribution in [0.5, 0.6) is 0 Å². The molecule has 3 N–H and O–H groups in total. The fourth-order valence-electron chi connectivity index (χ4n) is 2.30. The molecule has 2 rings (SSSR count). The van der Waals surface area contributed by atoms with E-state index in [9.17, 15) is 4.39 Å². The van der Waals surface area contributed by atoms with Gasteiger partial charge in [0.15, 0.2) is 17.5 Å². The average molecular weight is 260 g/mol. The fourth-order valence-corrected chi connectivity index (χ4v) is 2.30. The zero-order valence-corrected chi connectivity index (χ0v) is 11.5. The van der Waals surface area contributed by atoms with Crippen molar-refractivity contribution < 1.29 is 4.39 Å². The van der Waals surface area contributed by atoms with E-state index >= 15 is 0 Å². The molecule has 1 heterocycles. The number of nitrogens with one attached hydrogen (secondary N) is 1. The molecule has 0 bridgehead atoms. The highest BCUT2D eigenvalue weighted by atomic mass is 19.1. The summed E-state index contributed by atoms with van der Waals surface area (Å²) in [6, 6.07) is 4.11. The predicted molar refractivity (Wildman–Crippen MR) is 74.2 cm³/mol. The van der Waals surface area contributed by atoms with Crippen molar-refractivity contribution in [1.82, 2.24) is 9.97 Å². The first-order valence-corrected chi connectivity index (χ1v) is 6.03. The number of hydrogen-bond acceptors (Lipinski definition) is 4. The Morgan fingerprint density at radius 2 is 1.63 bits per heavy atom. The number of aryl methyl sites for hydroxylation is 4. The van der Waals surface area contributed by atoms with Crippen molar-refractivity contribution in [3.8, 4) is 11.4 Å². The van der Waals surface area contributed by atoms with Crippen molar-refractivity contribution in [2.75, 3.05) is 5.43 Å². The monoisotopic (exact) mass is 260 g/mol. The first-order valence-electron chi connectivity index (χ1n) is 6.03. The lowest BCUT2D eigenvalue weighted by Crippen LogP contribution is -2.13. The van der Waals surface area contributed by atoms with Crippen LogP contribution in [0, 0.1) is 33.5 Å². The molecule has 0 fully saturated rings. The molecule has 0 saturated heterocycles. The van der Waals surface area contributed by atoms with E-state index in [4.69, 9.17) is 5.84 Å². The number of nitrogens with zero attached hydrogens (tertiary/aromatic N) is 2. The topological polar surface area (TPSA) is 63.8 Å². The molecule has 0 aliphatic rings. The van der Waals surface area contributed by atoms with Gasteiger partial charge in [0, 0.05) is 5.56 Å². The zero-order chi connectivity index (χ0) is 14.2. The van der Waals surface area contributed by atoms with Gasteiger partial charge >= 0.3 is 0 Å². The van der Waals surface area contributed by atoms with E-state index in [-0.39, 0.29) is 11.5 Å². The molecule has 4 nitrogen and oxygen atoms in total. The summed E-state index contributed by atoms with van der Waals surface area (Å²) in [6.07, 6.45) is 0. The standard InChI is InChI=1S/C14H17FN4/c1-7-5-8(2)11(9(3)6-7)13-17-10(4)12(15)14(18-13)19-16/h5-6H,16H2,1-4H3,(H,17,18,19). The average Bonchev–Trinajstić information content (AvgIpc) is 2.32. The van der Waals surface area contributed by atoms with Crippen molar-refractivity contribution >= 4 is 5.82 Å². The smallest absolute Gasteiger partial charge is 0.187 e. The molecule has 19 heavy (non-hydrogen) atoms. The number of nitrogen functional groups attached to an aromatic ring is 1. The maximum Gasteiger partial charge on any atom is 0.187 e. The van der Waals surface area contributed by atoms with Crippen LogP contribution in [0.15, 0.2) is 12.1 Å². The summed E-state index contributed by atoms with van der Waals surface area (Å²) in [4.78, 5) is 8.37. The Kier molecular flexibility index (Phi) is 3.48. The van der Waals surface area contributed by atoms with E-state index in [1.54, 1.807) is 6.92 Å². The Morgan fingerprint density at radius 3 is 2.16 bits per heavy atom. The van der Waals surface area contributed by atoms with Crippen LogP contribution in [0.25, 0.3) is 11.4 Å². The van der Waals surface area contributed by atoms with Crippen LogP contribution in [0.3, 0.4) is 0 Å². The summed E-state index contributed by atoms with van der Waals surface area (Å²) in [6.45, 7) is 7.62. The van der Waals surface area contributed by atoms with Gasteiger partial charge in [-0.2, -0.15) is 0 Å². The highest BCUT2D eigenvalue weighted by molar-refractivity contribution is 5.66. The van der Waals surface area contributed by atoms with Gasteiger partial charge in [0.1, 0.15) is 0 Å². The van der Waals surface area contributed by atoms with E-state index in [1.165, 1.54) is 5.56 Å². The summed E-state index contributed by atoms with van der Waals surface area (Å²) in [5.74, 6) is 5.27. The van der Waals surface area contributed by atoms with Crippen LogP contribution in [0.2, 0.25) is 0 Å². The number of hydrogen-bond donors (Lipinski definition) is 2. The molecule has 0 spiro atoms. The number of nitrogens with two attached hydrogens (primary N) is 1. The lowest BCUT2D eigenvalue weighted by molar-refractivity contribution is 0.606. The summed E-state index contributed by atoms with van der Waals surface area (Å²) in [5.41, 5.74) is 6.77. The number of benzene rings is 1. The van der Waals surface area contributed by atoms with Crippen molar-refractivity contribution in [3.63, 3.8) is 0 Å². The molecule has 5 heteroatoms. The molecule has 2 aromatic rings. The Hall–Kier alpha value is -2.01. The quantitative estimate of drug-likeness (QED) is 0.643. The number of aromatic nitrogens is 2. The van der Waals surface area contributed by atoms with E-state index in [1.807, 2.05) is 20.8 Å². The molecule has 0 aliphatic heterocycles. The molecule has 0 amide bonds. The number of halogens is 1. The lowest BCUT2D eigenvalue weighted by atomic mass is 9.99. The van der Waals surface area contributed by atoms with Gasteiger partial charge in [-0.3, -0.25) is 0 Å². The maximum absolute atomic E-state index is 13.7. The molecule has 1 aromatic carbocycles. The molecule has 0 unspecified atom stereocenters. The van der Waals surface area contributed by atoms with Gasteiger partial charge in [-0.25, -0.2) is 20.2 Å². The molecule has 0 atom stereocenters. The Morgan fingerprint density at radius 1 is 1.05 bits per heavy atom. The minimum atomic E-state index is -0.520. The van der Waals surface area contributed by atoms with Crippen molar-refractivity contribution in [1.29, 1.82) is 0 Å². The largest absolute Gasteiger partial charge is 0.306 e. The second-order valence-electron chi connectivity index (χ2n) is 4.71. The first kappa shape index (κ1) is 13.4. The minimum absolute atomic E-state index is 0.0156. The van der Waals surface area contributed by atoms with Gasteiger partial charge < -0.3 is 5.43 Å². The van der Waals surface area contributed by atoms with Crippen LogP contribution in [0.4, 0.5) is 10.2 Å². The van der Waals surface area contributed by atoms with E-state index < -0.39 is 5.82 Å². The predicted octanol–water partition coefficient (Wildman–Crippen LogP) is 2.80. The minimum Gasteiger partial charge on any atom is -0.306 e. The number of anilines is 1. The Labute approximate surface area is 111 Å². The summed E-state index contributed by atoms with van der Waals surface area (Å²) in [7, 11) is 0. The van der Waals surface area contributed by atoms with Gasteiger partial charge in [-0.05, 0) is 38.8 Å². The fraction of sp³-hybridized carbons (Fsp3) is 0.286. The maximum atomic E-state index is 13.7. The van der Waals surface area contributed by atoms with Gasteiger partial charge in [0.05, 0.1) is 5.69 Å². The second kappa shape index (κ2) is 4.93. The van der Waals surface area contributed by atoms with Gasteiger partial charge in [0.25, 0.3) is 0 Å². The number of hydrazine groups is 1. The third-order valence-electron chi connectivity index (χ3n) is 3.05. The third kappa shape index (κ3) is 2.42. The van der Waals surface area contributed by atoms with Crippen LogP contribution in [0.1, 0.15) is 22.4 Å². The molecular weight excluding hydrogens is 243 g/mol. The Balaban J connectivity index is 2.69. The second-order valence-corrected chi connectivity index (χ2v) is 4.71. The summed E-state index contributed by atoms with van der Waals surface area (Å²) in [5, 5.41) is 0. The molecule has 1 aromatic heterocycles.